The van der Waals surface area contributed by atoms with Gasteiger partial charge in [-0.05, 0) is 31.0 Å². The number of rotatable bonds is 4. The average Bonchev–Trinajstić information content (AvgIpc) is 2.98. The van der Waals surface area contributed by atoms with Crippen molar-refractivity contribution in [1.29, 1.82) is 0 Å². The number of aliphatic hydroxyl groups is 1. The van der Waals surface area contributed by atoms with Crippen LogP contribution in [0.25, 0.3) is 22.3 Å². The van der Waals surface area contributed by atoms with Crippen molar-refractivity contribution in [2.24, 2.45) is 0 Å². The maximum atomic E-state index is 11.9. The Kier molecular flexibility index (Phi) is 4.08. The summed E-state index contributed by atoms with van der Waals surface area (Å²) in [6.07, 6.45) is 0. The lowest BCUT2D eigenvalue weighted by Crippen LogP contribution is -2.08. The summed E-state index contributed by atoms with van der Waals surface area (Å²) in [6, 6.07) is 9.43. The van der Waals surface area contributed by atoms with Crippen LogP contribution in [0.2, 0.25) is 0 Å². The number of aromatic nitrogens is 3. The van der Waals surface area contributed by atoms with E-state index in [-0.39, 0.29) is 18.9 Å². The third-order valence-corrected chi connectivity index (χ3v) is 3.67. The molecule has 0 unspecified atom stereocenters. The Hall–Kier alpha value is -2.73. The third-order valence-electron chi connectivity index (χ3n) is 3.67. The van der Waals surface area contributed by atoms with Crippen molar-refractivity contribution in [1.82, 2.24) is 15.2 Å². The summed E-state index contributed by atoms with van der Waals surface area (Å²) in [7, 11) is 0. The van der Waals surface area contributed by atoms with Crippen molar-refractivity contribution >= 4 is 17.0 Å². The fourth-order valence-corrected chi connectivity index (χ4v) is 2.58. The summed E-state index contributed by atoms with van der Waals surface area (Å²) in [4.78, 5) is 16.1. The molecule has 0 fully saturated rings. The summed E-state index contributed by atoms with van der Waals surface area (Å²) in [5.41, 5.74) is 3.96. The molecule has 0 aliphatic heterocycles. The second kappa shape index (κ2) is 6.18. The minimum atomic E-state index is -0.524. The van der Waals surface area contributed by atoms with Crippen LogP contribution in [0.4, 0.5) is 0 Å². The number of nitrogens with one attached hydrogen (secondary N) is 1. The van der Waals surface area contributed by atoms with Crippen molar-refractivity contribution in [3.8, 4) is 11.3 Å². The number of ether oxygens (including phenoxy) is 1. The van der Waals surface area contributed by atoms with E-state index in [0.717, 1.165) is 22.2 Å². The van der Waals surface area contributed by atoms with Crippen LogP contribution in [0, 0.1) is 6.92 Å². The number of H-pyrrole nitrogens is 1. The maximum absolute atomic E-state index is 11.9. The van der Waals surface area contributed by atoms with Gasteiger partial charge in [0.1, 0.15) is 0 Å². The second-order valence-electron chi connectivity index (χ2n) is 5.16. The molecule has 0 atom stereocenters. The number of fused-ring (bicyclic) bond motifs is 1. The Morgan fingerprint density at radius 2 is 2.13 bits per heavy atom. The standard InChI is InChI=1S/C17H17N3O3/c1-3-23-17(22)13-8-11(9-21)14-15(19-20-16(14)18-13)12-7-5-4-6-10(12)2/h4-8,21H,3,9H2,1-2H3,(H,18,19,20). The van der Waals surface area contributed by atoms with Crippen LogP contribution in [-0.2, 0) is 11.3 Å². The molecule has 118 valence electrons. The molecule has 0 saturated heterocycles. The van der Waals surface area contributed by atoms with Crippen molar-refractivity contribution < 1.29 is 14.6 Å². The van der Waals surface area contributed by atoms with E-state index >= 15 is 0 Å². The Morgan fingerprint density at radius 3 is 2.83 bits per heavy atom. The Morgan fingerprint density at radius 1 is 1.35 bits per heavy atom. The van der Waals surface area contributed by atoms with E-state index in [1.165, 1.54) is 0 Å². The van der Waals surface area contributed by atoms with E-state index < -0.39 is 5.97 Å². The van der Waals surface area contributed by atoms with Crippen LogP contribution in [0.15, 0.2) is 30.3 Å². The number of benzene rings is 1. The maximum Gasteiger partial charge on any atom is 0.357 e. The smallest absolute Gasteiger partial charge is 0.357 e. The fraction of sp³-hybridized carbons (Fsp3) is 0.235. The molecular formula is C17H17N3O3. The van der Waals surface area contributed by atoms with Crippen LogP contribution in [0.5, 0.6) is 0 Å². The van der Waals surface area contributed by atoms with Crippen molar-refractivity contribution in [3.63, 3.8) is 0 Å². The number of esters is 1. The molecule has 0 spiro atoms. The van der Waals surface area contributed by atoms with Gasteiger partial charge in [-0.2, -0.15) is 5.10 Å². The van der Waals surface area contributed by atoms with Crippen molar-refractivity contribution in [3.05, 3.63) is 47.2 Å². The van der Waals surface area contributed by atoms with Crippen LogP contribution < -0.4 is 0 Å². The summed E-state index contributed by atoms with van der Waals surface area (Å²) < 4.78 is 4.97. The quantitative estimate of drug-likeness (QED) is 0.723. The number of pyridine rings is 1. The molecule has 1 aromatic carbocycles. The summed E-state index contributed by atoms with van der Waals surface area (Å²) in [5.74, 6) is -0.524. The van der Waals surface area contributed by atoms with Crippen LogP contribution >= 0.6 is 0 Å². The number of aromatic amines is 1. The molecule has 3 aromatic rings. The van der Waals surface area contributed by atoms with Gasteiger partial charge in [-0.15, -0.1) is 0 Å². The predicted octanol–water partition coefficient (Wildman–Crippen LogP) is 2.60. The SMILES string of the molecule is CCOC(=O)c1cc(CO)c2c(-c3ccccc3C)[nH]nc2n1. The van der Waals surface area contributed by atoms with E-state index in [1.54, 1.807) is 13.0 Å². The molecule has 3 rings (SSSR count). The summed E-state index contributed by atoms with van der Waals surface area (Å²) in [5, 5.41) is 17.6. The molecule has 0 aliphatic carbocycles. The van der Waals surface area contributed by atoms with Gasteiger partial charge in [-0.1, -0.05) is 24.3 Å². The average molecular weight is 311 g/mol. The van der Waals surface area contributed by atoms with Gasteiger partial charge in [0, 0.05) is 5.56 Å². The number of aliphatic hydroxyl groups excluding tert-OH is 1. The van der Waals surface area contributed by atoms with Crippen LogP contribution in [0.1, 0.15) is 28.5 Å². The van der Waals surface area contributed by atoms with Crippen LogP contribution in [-0.4, -0.2) is 32.9 Å². The molecule has 6 nitrogen and oxygen atoms in total. The highest BCUT2D eigenvalue weighted by Crippen LogP contribution is 2.30. The molecule has 0 bridgehead atoms. The molecule has 6 heteroatoms. The zero-order valence-corrected chi connectivity index (χ0v) is 13.0. The lowest BCUT2D eigenvalue weighted by atomic mass is 10.0. The Bertz CT molecular complexity index is 871. The molecule has 0 radical (unpaired) electrons. The normalized spacial score (nSPS) is 10.9. The minimum absolute atomic E-state index is 0.145. The molecule has 0 amide bonds. The van der Waals surface area contributed by atoms with E-state index in [4.69, 9.17) is 4.74 Å². The first-order chi connectivity index (χ1) is 11.2. The van der Waals surface area contributed by atoms with Gasteiger partial charge in [0.15, 0.2) is 11.3 Å². The highest BCUT2D eigenvalue weighted by atomic mass is 16.5. The number of hydrogen-bond acceptors (Lipinski definition) is 5. The second-order valence-corrected chi connectivity index (χ2v) is 5.16. The molecule has 2 N–H and O–H groups in total. The molecule has 0 saturated carbocycles. The van der Waals surface area contributed by atoms with Gasteiger partial charge < -0.3 is 9.84 Å². The summed E-state index contributed by atoms with van der Waals surface area (Å²) >= 11 is 0. The van der Waals surface area contributed by atoms with Crippen molar-refractivity contribution in [2.45, 2.75) is 20.5 Å². The van der Waals surface area contributed by atoms with E-state index in [9.17, 15) is 9.90 Å². The predicted molar refractivity (Wildman–Crippen MR) is 85.9 cm³/mol. The highest BCUT2D eigenvalue weighted by Gasteiger charge is 2.18. The lowest BCUT2D eigenvalue weighted by molar-refractivity contribution is 0.0519. The lowest BCUT2D eigenvalue weighted by Gasteiger charge is -2.07. The van der Waals surface area contributed by atoms with Gasteiger partial charge in [0.2, 0.25) is 0 Å². The van der Waals surface area contributed by atoms with E-state index in [2.05, 4.69) is 15.2 Å². The number of hydrogen-bond donors (Lipinski definition) is 2. The first-order valence-corrected chi connectivity index (χ1v) is 7.37. The number of aryl methyl sites for hydroxylation is 1. The fourth-order valence-electron chi connectivity index (χ4n) is 2.58. The zero-order chi connectivity index (χ0) is 16.4. The molecular weight excluding hydrogens is 294 g/mol. The molecule has 23 heavy (non-hydrogen) atoms. The topological polar surface area (TPSA) is 88.1 Å². The molecule has 2 heterocycles. The van der Waals surface area contributed by atoms with Gasteiger partial charge in [-0.3, -0.25) is 5.10 Å². The van der Waals surface area contributed by atoms with Gasteiger partial charge in [0.25, 0.3) is 0 Å². The molecule has 2 aromatic heterocycles. The molecule has 0 aliphatic rings. The van der Waals surface area contributed by atoms with Gasteiger partial charge in [0.05, 0.1) is 24.3 Å². The Labute approximate surface area is 133 Å². The number of carbonyl (C=O) groups excluding carboxylic acids is 1. The van der Waals surface area contributed by atoms with E-state index in [0.29, 0.717) is 11.2 Å². The summed E-state index contributed by atoms with van der Waals surface area (Å²) in [6.45, 7) is 3.78. The van der Waals surface area contributed by atoms with Gasteiger partial charge in [-0.25, -0.2) is 9.78 Å². The van der Waals surface area contributed by atoms with Crippen molar-refractivity contribution in [2.75, 3.05) is 6.61 Å². The largest absolute Gasteiger partial charge is 0.461 e. The third kappa shape index (κ3) is 2.68. The first-order valence-electron chi connectivity index (χ1n) is 7.37. The van der Waals surface area contributed by atoms with Crippen LogP contribution in [0.3, 0.4) is 0 Å². The monoisotopic (exact) mass is 311 g/mol. The zero-order valence-electron chi connectivity index (χ0n) is 13.0. The highest BCUT2D eigenvalue weighted by molar-refractivity contribution is 5.97. The number of carbonyl (C=O) groups is 1. The minimum Gasteiger partial charge on any atom is -0.461 e. The van der Waals surface area contributed by atoms with E-state index in [1.807, 2.05) is 31.2 Å². The Balaban J connectivity index is 2.21. The number of nitrogens with zero attached hydrogens (tertiary/aromatic N) is 2. The first kappa shape index (κ1) is 15.2. The van der Waals surface area contributed by atoms with Gasteiger partial charge >= 0.3 is 5.97 Å².